The summed E-state index contributed by atoms with van der Waals surface area (Å²) in [5.74, 6) is 0.880. The van der Waals surface area contributed by atoms with Crippen molar-refractivity contribution in [1.29, 1.82) is 5.26 Å². The molecule has 0 bridgehead atoms. The summed E-state index contributed by atoms with van der Waals surface area (Å²) in [4.78, 5) is 0. The van der Waals surface area contributed by atoms with Crippen LogP contribution in [0.1, 0.15) is 30.0 Å². The summed E-state index contributed by atoms with van der Waals surface area (Å²) >= 11 is 0. The van der Waals surface area contributed by atoms with Crippen LogP contribution in [0.2, 0.25) is 0 Å². The third-order valence-corrected chi connectivity index (χ3v) is 3.46. The number of nitrogens with zero attached hydrogens (tertiary/aromatic N) is 1. The van der Waals surface area contributed by atoms with Crippen molar-refractivity contribution in [3.8, 4) is 11.8 Å². The molecule has 1 unspecified atom stereocenters. The smallest absolute Gasteiger partial charge is 0.123 e. The summed E-state index contributed by atoms with van der Waals surface area (Å²) in [5, 5.41) is 8.79. The van der Waals surface area contributed by atoms with Crippen molar-refractivity contribution >= 4 is 0 Å². The molecule has 0 aromatic heterocycles. The maximum atomic E-state index is 8.79. The monoisotopic (exact) mass is 280 g/mol. The predicted molar refractivity (Wildman–Crippen MR) is 83.9 cm³/mol. The molecule has 2 rings (SSSR count). The first kappa shape index (κ1) is 15.1. The van der Waals surface area contributed by atoms with E-state index in [0.29, 0.717) is 12.2 Å². The Morgan fingerprint density at radius 3 is 2.52 bits per heavy atom. The normalized spacial score (nSPS) is 11.7. The van der Waals surface area contributed by atoms with Crippen molar-refractivity contribution in [2.45, 2.75) is 32.4 Å². The molecule has 0 radical (unpaired) electrons. The molecule has 0 aliphatic rings. The van der Waals surface area contributed by atoms with Crippen LogP contribution in [0.25, 0.3) is 0 Å². The zero-order chi connectivity index (χ0) is 15.1. The van der Waals surface area contributed by atoms with Gasteiger partial charge in [-0.15, -0.1) is 0 Å². The average Bonchev–Trinajstić information content (AvgIpc) is 2.54. The van der Waals surface area contributed by atoms with Crippen molar-refractivity contribution in [1.82, 2.24) is 0 Å². The molecular weight excluding hydrogens is 260 g/mol. The molecule has 0 fully saturated rings. The van der Waals surface area contributed by atoms with Crippen LogP contribution in [0.3, 0.4) is 0 Å². The minimum atomic E-state index is 0.157. The van der Waals surface area contributed by atoms with Gasteiger partial charge in [0.15, 0.2) is 0 Å². The molecule has 0 saturated heterocycles. The molecule has 3 heteroatoms. The molecule has 2 aromatic carbocycles. The third kappa shape index (κ3) is 4.34. The highest BCUT2D eigenvalue weighted by molar-refractivity contribution is 5.35. The van der Waals surface area contributed by atoms with E-state index in [0.717, 1.165) is 29.7 Å². The number of ether oxygens (including phenoxy) is 1. The highest BCUT2D eigenvalue weighted by atomic mass is 16.5. The van der Waals surface area contributed by atoms with Gasteiger partial charge in [0.25, 0.3) is 0 Å². The van der Waals surface area contributed by atoms with Crippen LogP contribution in [-0.4, -0.2) is 6.04 Å². The lowest BCUT2D eigenvalue weighted by molar-refractivity contribution is 0.302. The predicted octanol–water partition coefficient (Wildman–Crippen LogP) is 3.42. The van der Waals surface area contributed by atoms with Crippen LogP contribution in [0.15, 0.2) is 48.5 Å². The quantitative estimate of drug-likeness (QED) is 0.882. The van der Waals surface area contributed by atoms with Crippen molar-refractivity contribution in [2.24, 2.45) is 5.73 Å². The number of hydrogen-bond donors (Lipinski definition) is 1. The van der Waals surface area contributed by atoms with Gasteiger partial charge in [0.2, 0.25) is 0 Å². The Morgan fingerprint density at radius 1 is 1.14 bits per heavy atom. The number of para-hydroxylation sites is 1. The van der Waals surface area contributed by atoms with Crippen LogP contribution >= 0.6 is 0 Å². The minimum absolute atomic E-state index is 0.157. The van der Waals surface area contributed by atoms with Gasteiger partial charge in [0.1, 0.15) is 12.4 Å². The van der Waals surface area contributed by atoms with E-state index in [-0.39, 0.29) is 6.04 Å². The molecule has 0 amide bonds. The van der Waals surface area contributed by atoms with E-state index in [1.54, 1.807) is 12.1 Å². The van der Waals surface area contributed by atoms with E-state index in [1.165, 1.54) is 0 Å². The third-order valence-electron chi connectivity index (χ3n) is 3.46. The Morgan fingerprint density at radius 2 is 1.86 bits per heavy atom. The maximum Gasteiger partial charge on any atom is 0.123 e. The number of nitriles is 1. The Labute approximate surface area is 126 Å². The SMILES string of the molecule is CCC(N)Cc1ccccc1OCc1ccc(C#N)cc1. The fourth-order valence-corrected chi connectivity index (χ4v) is 2.08. The zero-order valence-electron chi connectivity index (χ0n) is 12.3. The fourth-order valence-electron chi connectivity index (χ4n) is 2.08. The van der Waals surface area contributed by atoms with Crippen molar-refractivity contribution in [2.75, 3.05) is 0 Å². The second kappa shape index (κ2) is 7.47. The molecule has 0 aliphatic carbocycles. The number of rotatable bonds is 6. The maximum absolute atomic E-state index is 8.79. The Bertz CT molecular complexity index is 614. The van der Waals surface area contributed by atoms with Crippen molar-refractivity contribution < 1.29 is 4.74 Å². The van der Waals surface area contributed by atoms with E-state index < -0.39 is 0 Å². The van der Waals surface area contributed by atoms with E-state index in [9.17, 15) is 0 Å². The molecule has 108 valence electrons. The highest BCUT2D eigenvalue weighted by Gasteiger charge is 2.07. The summed E-state index contributed by atoms with van der Waals surface area (Å²) in [5.41, 5.74) is 8.87. The van der Waals surface area contributed by atoms with Gasteiger partial charge in [0.05, 0.1) is 11.6 Å². The lowest BCUT2D eigenvalue weighted by atomic mass is 10.0. The van der Waals surface area contributed by atoms with E-state index >= 15 is 0 Å². The lowest BCUT2D eigenvalue weighted by Gasteiger charge is -2.14. The molecule has 2 aromatic rings. The van der Waals surface area contributed by atoms with Gasteiger partial charge in [-0.05, 0) is 42.2 Å². The van der Waals surface area contributed by atoms with Crippen LogP contribution in [0, 0.1) is 11.3 Å². The topological polar surface area (TPSA) is 59.0 Å². The van der Waals surface area contributed by atoms with Crippen molar-refractivity contribution in [3.63, 3.8) is 0 Å². The Balaban J connectivity index is 2.03. The standard InChI is InChI=1S/C18H20N2O/c1-2-17(20)11-16-5-3-4-6-18(16)21-13-15-9-7-14(12-19)8-10-15/h3-10,17H,2,11,13,20H2,1H3. The van der Waals surface area contributed by atoms with Crippen LogP contribution in [-0.2, 0) is 13.0 Å². The van der Waals surface area contributed by atoms with Crippen LogP contribution < -0.4 is 10.5 Å². The van der Waals surface area contributed by atoms with Crippen LogP contribution in [0.5, 0.6) is 5.75 Å². The van der Waals surface area contributed by atoms with Crippen LogP contribution in [0.4, 0.5) is 0 Å². The average molecular weight is 280 g/mol. The second-order valence-electron chi connectivity index (χ2n) is 5.08. The molecular formula is C18H20N2O. The van der Waals surface area contributed by atoms with Crippen molar-refractivity contribution in [3.05, 3.63) is 65.2 Å². The summed E-state index contributed by atoms with van der Waals surface area (Å²) in [7, 11) is 0. The first-order chi connectivity index (χ1) is 10.2. The molecule has 0 aliphatic heterocycles. The molecule has 0 heterocycles. The second-order valence-corrected chi connectivity index (χ2v) is 5.08. The van der Waals surface area contributed by atoms with Gasteiger partial charge in [-0.1, -0.05) is 37.3 Å². The van der Waals surface area contributed by atoms with E-state index in [4.69, 9.17) is 15.7 Å². The van der Waals surface area contributed by atoms with Gasteiger partial charge in [-0.25, -0.2) is 0 Å². The first-order valence-electron chi connectivity index (χ1n) is 7.18. The molecule has 2 N–H and O–H groups in total. The van der Waals surface area contributed by atoms with Gasteiger partial charge in [-0.2, -0.15) is 5.26 Å². The fraction of sp³-hybridized carbons (Fsp3) is 0.278. The largest absolute Gasteiger partial charge is 0.489 e. The van der Waals surface area contributed by atoms with Gasteiger partial charge >= 0.3 is 0 Å². The Kier molecular flexibility index (Phi) is 5.36. The zero-order valence-corrected chi connectivity index (χ0v) is 12.3. The minimum Gasteiger partial charge on any atom is -0.489 e. The van der Waals surface area contributed by atoms with Gasteiger partial charge in [-0.3, -0.25) is 0 Å². The highest BCUT2D eigenvalue weighted by Crippen LogP contribution is 2.21. The van der Waals surface area contributed by atoms with Gasteiger partial charge < -0.3 is 10.5 Å². The molecule has 21 heavy (non-hydrogen) atoms. The number of hydrogen-bond acceptors (Lipinski definition) is 3. The van der Waals surface area contributed by atoms with E-state index in [2.05, 4.69) is 19.1 Å². The number of nitrogens with two attached hydrogens (primary N) is 1. The first-order valence-corrected chi connectivity index (χ1v) is 7.18. The molecule has 1 atom stereocenters. The summed E-state index contributed by atoms with van der Waals surface area (Å²) in [6, 6.07) is 17.7. The Hall–Kier alpha value is -2.31. The summed E-state index contributed by atoms with van der Waals surface area (Å²) < 4.78 is 5.90. The van der Waals surface area contributed by atoms with E-state index in [1.807, 2.05) is 30.3 Å². The lowest BCUT2D eigenvalue weighted by Crippen LogP contribution is -2.21. The molecule has 0 spiro atoms. The molecule has 0 saturated carbocycles. The molecule has 3 nitrogen and oxygen atoms in total. The summed E-state index contributed by atoms with van der Waals surface area (Å²) in [6.45, 7) is 2.58. The number of benzene rings is 2. The summed E-state index contributed by atoms with van der Waals surface area (Å²) in [6.07, 6.45) is 1.77. The van der Waals surface area contributed by atoms with Gasteiger partial charge in [0, 0.05) is 6.04 Å².